The van der Waals surface area contributed by atoms with Crippen LogP contribution in [0.25, 0.3) is 0 Å². The first-order valence-electron chi connectivity index (χ1n) is 6.83. The summed E-state index contributed by atoms with van der Waals surface area (Å²) in [6, 6.07) is -0.988. The third kappa shape index (κ3) is 3.35. The molecule has 2 rings (SSSR count). The molecule has 0 aromatic rings. The lowest BCUT2D eigenvalue weighted by Gasteiger charge is -2.44. The van der Waals surface area contributed by atoms with Crippen LogP contribution in [-0.4, -0.2) is 66.2 Å². The lowest BCUT2D eigenvalue weighted by Crippen LogP contribution is -2.66. The summed E-state index contributed by atoms with van der Waals surface area (Å²) in [4.78, 5) is 46.2. The van der Waals surface area contributed by atoms with Crippen LogP contribution in [0.1, 0.15) is 20.8 Å². The van der Waals surface area contributed by atoms with Gasteiger partial charge in [0, 0.05) is 20.8 Å². The van der Waals surface area contributed by atoms with E-state index in [9.17, 15) is 23.6 Å². The fraction of sp³-hybridized carbons (Fsp3) is 0.692. The lowest BCUT2D eigenvalue weighted by atomic mass is 9.93. The van der Waals surface area contributed by atoms with Crippen molar-refractivity contribution in [2.24, 2.45) is 0 Å². The Morgan fingerprint density at radius 1 is 1.00 bits per heavy atom. The summed E-state index contributed by atoms with van der Waals surface area (Å²) in [7, 11) is 0. The minimum absolute atomic E-state index is 0.248. The predicted octanol–water partition coefficient (Wildman–Crippen LogP) is -0.0885. The van der Waals surface area contributed by atoms with E-state index in [1.807, 2.05) is 0 Å². The second-order valence-electron chi connectivity index (χ2n) is 5.15. The molecule has 1 amide bonds. The van der Waals surface area contributed by atoms with E-state index >= 15 is 0 Å². The van der Waals surface area contributed by atoms with Crippen molar-refractivity contribution in [3.63, 3.8) is 0 Å². The number of carbonyl (C=O) groups is 4. The summed E-state index contributed by atoms with van der Waals surface area (Å²) in [5.41, 5.74) is 0. The molecule has 128 valence electrons. The van der Waals surface area contributed by atoms with Crippen molar-refractivity contribution in [3.05, 3.63) is 0 Å². The number of hydrogen-bond donors (Lipinski definition) is 0. The molecule has 0 aromatic heterocycles. The van der Waals surface area contributed by atoms with E-state index in [-0.39, 0.29) is 6.61 Å². The second kappa shape index (κ2) is 6.39. The number of esters is 3. The molecule has 23 heavy (non-hydrogen) atoms. The van der Waals surface area contributed by atoms with Crippen molar-refractivity contribution < 1.29 is 42.5 Å². The minimum atomic E-state index is -2.10. The van der Waals surface area contributed by atoms with Gasteiger partial charge in [0.05, 0.1) is 0 Å². The molecule has 0 aromatic carbocycles. The number of halogens is 1. The summed E-state index contributed by atoms with van der Waals surface area (Å²) in [6.07, 6.45) is -7.33. The average molecular weight is 333 g/mol. The van der Waals surface area contributed by atoms with E-state index in [0.29, 0.717) is 4.90 Å². The normalized spacial score (nSPS) is 32.6. The first-order chi connectivity index (χ1) is 10.7. The van der Waals surface area contributed by atoms with E-state index in [1.165, 1.54) is 0 Å². The van der Waals surface area contributed by atoms with Crippen molar-refractivity contribution in [1.82, 2.24) is 4.90 Å². The first kappa shape index (κ1) is 17.0. The van der Waals surface area contributed by atoms with Gasteiger partial charge in [0.15, 0.2) is 18.3 Å². The van der Waals surface area contributed by atoms with Gasteiger partial charge in [-0.2, -0.15) is 0 Å². The molecule has 2 aliphatic heterocycles. The summed E-state index contributed by atoms with van der Waals surface area (Å²) >= 11 is 0. The summed E-state index contributed by atoms with van der Waals surface area (Å²) < 4.78 is 34.3. The van der Waals surface area contributed by atoms with Crippen molar-refractivity contribution in [1.29, 1.82) is 0 Å². The summed E-state index contributed by atoms with van der Waals surface area (Å²) in [6.45, 7) is 2.97. The highest BCUT2D eigenvalue weighted by Gasteiger charge is 2.59. The molecule has 10 heteroatoms. The average Bonchev–Trinajstić information content (AvgIpc) is 2.79. The molecule has 0 unspecified atom stereocenters. The smallest absolute Gasteiger partial charge is 0.412 e. The summed E-state index contributed by atoms with van der Waals surface area (Å²) in [5, 5.41) is 0. The number of ether oxygens (including phenoxy) is 4. The fourth-order valence-corrected chi connectivity index (χ4v) is 2.68. The number of fused-ring (bicyclic) bond motifs is 1. The topological polar surface area (TPSA) is 108 Å². The Balaban J connectivity index is 2.40. The Hall–Kier alpha value is -2.39. The standard InChI is InChI=1S/C13H16FNO8/c1-5(16)21-9-8-4-20-13(19)15(8)12(14)11(23-7(3)18)10(9)22-6(2)17/h8-12H,4H2,1-3H3/t8-,9+,10+,11-,12+/m1/s1. The molecule has 9 nitrogen and oxygen atoms in total. The maximum absolute atomic E-state index is 14.6. The Labute approximate surface area is 130 Å². The zero-order valence-electron chi connectivity index (χ0n) is 12.7. The third-order valence-electron chi connectivity index (χ3n) is 3.42. The maximum Gasteiger partial charge on any atom is 0.412 e. The molecular weight excluding hydrogens is 317 g/mol. The van der Waals surface area contributed by atoms with E-state index in [0.717, 1.165) is 20.8 Å². The molecule has 0 saturated carbocycles. The van der Waals surface area contributed by atoms with Crippen LogP contribution in [0.2, 0.25) is 0 Å². The van der Waals surface area contributed by atoms with Gasteiger partial charge in [0.25, 0.3) is 0 Å². The first-order valence-corrected chi connectivity index (χ1v) is 6.83. The van der Waals surface area contributed by atoms with Crippen LogP contribution in [-0.2, 0) is 33.3 Å². The highest BCUT2D eigenvalue weighted by atomic mass is 19.1. The summed E-state index contributed by atoms with van der Waals surface area (Å²) in [5.74, 6) is -2.36. The largest absolute Gasteiger partial charge is 0.456 e. The van der Waals surface area contributed by atoms with Gasteiger partial charge < -0.3 is 18.9 Å². The van der Waals surface area contributed by atoms with E-state index in [1.54, 1.807) is 0 Å². The van der Waals surface area contributed by atoms with Crippen LogP contribution in [0.3, 0.4) is 0 Å². The SMILES string of the molecule is CC(=O)O[C@@H]1[C@@H](OC(C)=O)[C@@H](F)N2C(=O)OC[C@@H]2[C@@H]1OC(C)=O. The molecule has 5 atom stereocenters. The second-order valence-corrected chi connectivity index (χ2v) is 5.15. The van der Waals surface area contributed by atoms with Gasteiger partial charge in [0.2, 0.25) is 6.30 Å². The maximum atomic E-state index is 14.6. The fourth-order valence-electron chi connectivity index (χ4n) is 2.68. The Morgan fingerprint density at radius 2 is 1.48 bits per heavy atom. The predicted molar refractivity (Wildman–Crippen MR) is 68.5 cm³/mol. The van der Waals surface area contributed by atoms with Gasteiger partial charge in [-0.1, -0.05) is 0 Å². The van der Waals surface area contributed by atoms with Crippen molar-refractivity contribution in [2.75, 3.05) is 6.61 Å². The van der Waals surface area contributed by atoms with Gasteiger partial charge in [-0.25, -0.2) is 9.18 Å². The molecule has 0 bridgehead atoms. The molecule has 2 fully saturated rings. The molecular formula is C13H16FNO8. The van der Waals surface area contributed by atoms with Crippen molar-refractivity contribution >= 4 is 24.0 Å². The highest BCUT2D eigenvalue weighted by Crippen LogP contribution is 2.35. The van der Waals surface area contributed by atoms with Crippen LogP contribution < -0.4 is 0 Å². The van der Waals surface area contributed by atoms with Crippen molar-refractivity contribution in [3.8, 4) is 0 Å². The van der Waals surface area contributed by atoms with E-state index in [2.05, 4.69) is 0 Å². The lowest BCUT2D eigenvalue weighted by molar-refractivity contribution is -0.218. The van der Waals surface area contributed by atoms with Crippen molar-refractivity contribution in [2.45, 2.75) is 51.4 Å². The van der Waals surface area contributed by atoms with Gasteiger partial charge in [-0.05, 0) is 0 Å². The number of cyclic esters (lactones) is 1. The van der Waals surface area contributed by atoms with Crippen LogP contribution in [0.15, 0.2) is 0 Å². The molecule has 0 spiro atoms. The molecule has 2 heterocycles. The zero-order valence-corrected chi connectivity index (χ0v) is 12.7. The highest BCUT2D eigenvalue weighted by molar-refractivity contribution is 5.72. The number of rotatable bonds is 3. The number of amides is 1. The number of alkyl halides is 1. The van der Waals surface area contributed by atoms with Crippen LogP contribution >= 0.6 is 0 Å². The molecule has 0 aliphatic carbocycles. The molecule has 2 saturated heterocycles. The quantitative estimate of drug-likeness (QED) is 0.400. The van der Waals surface area contributed by atoms with Gasteiger partial charge in [-0.3, -0.25) is 19.3 Å². The van der Waals surface area contributed by atoms with Gasteiger partial charge in [-0.15, -0.1) is 0 Å². The minimum Gasteiger partial charge on any atom is -0.456 e. The zero-order chi connectivity index (χ0) is 17.3. The molecule has 0 N–H and O–H groups in total. The number of carbonyl (C=O) groups excluding carboxylic acids is 4. The van der Waals surface area contributed by atoms with Crippen LogP contribution in [0.4, 0.5) is 9.18 Å². The number of piperidine rings is 1. The van der Waals surface area contributed by atoms with Crippen LogP contribution in [0, 0.1) is 0 Å². The molecule has 0 radical (unpaired) electrons. The van der Waals surface area contributed by atoms with Gasteiger partial charge in [0.1, 0.15) is 12.6 Å². The third-order valence-corrected chi connectivity index (χ3v) is 3.42. The van der Waals surface area contributed by atoms with Crippen LogP contribution in [0.5, 0.6) is 0 Å². The number of hydrogen-bond acceptors (Lipinski definition) is 8. The number of nitrogens with zero attached hydrogens (tertiary/aromatic N) is 1. The Morgan fingerprint density at radius 3 is 2.00 bits per heavy atom. The Bertz CT molecular complexity index is 538. The molecule has 2 aliphatic rings. The van der Waals surface area contributed by atoms with E-state index in [4.69, 9.17) is 18.9 Å². The monoisotopic (exact) mass is 333 g/mol. The Kier molecular flexibility index (Phi) is 4.71. The van der Waals surface area contributed by atoms with Gasteiger partial charge >= 0.3 is 24.0 Å². The van der Waals surface area contributed by atoms with E-state index < -0.39 is 54.7 Å².